The van der Waals surface area contributed by atoms with Gasteiger partial charge >= 0.3 is 0 Å². The monoisotopic (exact) mass is 371 g/mol. The number of unbranched alkanes of at least 4 members (excludes halogenated alkanes) is 14. The molecule has 3 heteroatoms. The highest BCUT2D eigenvalue weighted by atomic mass is 16.7. The molecule has 0 unspecified atom stereocenters. The summed E-state index contributed by atoms with van der Waals surface area (Å²) in [6, 6.07) is 0. The van der Waals surface area contributed by atoms with E-state index in [0.29, 0.717) is 0 Å². The van der Waals surface area contributed by atoms with Crippen molar-refractivity contribution in [3.8, 4) is 0 Å². The zero-order valence-electron chi connectivity index (χ0n) is 18.3. The maximum Gasteiger partial charge on any atom is 0.169 e. The van der Waals surface area contributed by atoms with Crippen LogP contribution in [-0.4, -0.2) is 33.1 Å². The molecule has 158 valence electrons. The van der Waals surface area contributed by atoms with Crippen molar-refractivity contribution in [2.24, 2.45) is 0 Å². The van der Waals surface area contributed by atoms with Crippen molar-refractivity contribution < 1.29 is 9.47 Å². The molecule has 0 radical (unpaired) electrons. The standard InChI is InChI=1S/C23H49NO2/c1-4-6-8-10-12-14-16-18-20-25-23(22-24-3)26-21-19-17-15-13-11-9-7-5-2/h23-24H,4-22H2,1-3H3. The van der Waals surface area contributed by atoms with Crippen molar-refractivity contribution in [2.45, 2.75) is 123 Å². The highest BCUT2D eigenvalue weighted by Gasteiger charge is 2.07. The summed E-state index contributed by atoms with van der Waals surface area (Å²) < 4.78 is 11.8. The number of hydrogen-bond donors (Lipinski definition) is 1. The van der Waals surface area contributed by atoms with Crippen molar-refractivity contribution in [3.63, 3.8) is 0 Å². The first-order chi connectivity index (χ1) is 12.8. The molecule has 0 aromatic rings. The van der Waals surface area contributed by atoms with Crippen molar-refractivity contribution >= 4 is 0 Å². The van der Waals surface area contributed by atoms with Crippen LogP contribution in [0, 0.1) is 0 Å². The Hall–Kier alpha value is -0.120. The van der Waals surface area contributed by atoms with Gasteiger partial charge < -0.3 is 14.8 Å². The lowest BCUT2D eigenvalue weighted by Crippen LogP contribution is -2.30. The third-order valence-electron chi connectivity index (χ3n) is 4.97. The number of hydrogen-bond acceptors (Lipinski definition) is 3. The molecule has 0 spiro atoms. The zero-order valence-corrected chi connectivity index (χ0v) is 18.3. The summed E-state index contributed by atoms with van der Waals surface area (Å²) in [6.45, 7) is 7.00. The summed E-state index contributed by atoms with van der Waals surface area (Å²) in [6.07, 6.45) is 21.4. The van der Waals surface area contributed by atoms with Crippen molar-refractivity contribution in [2.75, 3.05) is 26.8 Å². The molecule has 0 aliphatic rings. The topological polar surface area (TPSA) is 30.5 Å². The second-order valence-electron chi connectivity index (χ2n) is 7.68. The fraction of sp³-hybridized carbons (Fsp3) is 1.00. The molecule has 0 aliphatic heterocycles. The van der Waals surface area contributed by atoms with Crippen molar-refractivity contribution in [1.29, 1.82) is 0 Å². The van der Waals surface area contributed by atoms with E-state index in [0.717, 1.165) is 32.6 Å². The number of ether oxygens (including phenoxy) is 2. The Labute approximate surface area is 165 Å². The van der Waals surface area contributed by atoms with Gasteiger partial charge in [-0.05, 0) is 19.9 Å². The highest BCUT2D eigenvalue weighted by molar-refractivity contribution is 4.51. The minimum Gasteiger partial charge on any atom is -0.351 e. The van der Waals surface area contributed by atoms with Gasteiger partial charge in [0.15, 0.2) is 6.29 Å². The molecule has 0 amide bonds. The van der Waals surface area contributed by atoms with E-state index in [1.54, 1.807) is 0 Å². The molecule has 3 nitrogen and oxygen atoms in total. The van der Waals surface area contributed by atoms with E-state index in [4.69, 9.17) is 9.47 Å². The lowest BCUT2D eigenvalue weighted by molar-refractivity contribution is -0.140. The molecular formula is C23H49NO2. The van der Waals surface area contributed by atoms with Gasteiger partial charge in [-0.1, -0.05) is 104 Å². The molecule has 0 aromatic carbocycles. The van der Waals surface area contributed by atoms with E-state index in [-0.39, 0.29) is 6.29 Å². The third-order valence-corrected chi connectivity index (χ3v) is 4.97. The lowest BCUT2D eigenvalue weighted by atomic mass is 10.1. The summed E-state index contributed by atoms with van der Waals surface area (Å²) in [5.41, 5.74) is 0. The van der Waals surface area contributed by atoms with Gasteiger partial charge in [-0.3, -0.25) is 0 Å². The lowest BCUT2D eigenvalue weighted by Gasteiger charge is -2.18. The molecule has 0 heterocycles. The normalized spacial score (nSPS) is 11.5. The Kier molecular flexibility index (Phi) is 22.8. The smallest absolute Gasteiger partial charge is 0.169 e. The van der Waals surface area contributed by atoms with Crippen LogP contribution in [-0.2, 0) is 9.47 Å². The van der Waals surface area contributed by atoms with Gasteiger partial charge in [-0.25, -0.2) is 0 Å². The second kappa shape index (κ2) is 22.9. The SMILES string of the molecule is CCCCCCCCCCOC(CNC)OCCCCCCCCCC. The van der Waals surface area contributed by atoms with E-state index in [1.807, 2.05) is 7.05 Å². The summed E-state index contributed by atoms with van der Waals surface area (Å²) in [5.74, 6) is 0. The van der Waals surface area contributed by atoms with Crippen LogP contribution in [0.25, 0.3) is 0 Å². The minimum absolute atomic E-state index is 0.0749. The molecule has 0 fully saturated rings. The zero-order chi connectivity index (χ0) is 19.1. The molecule has 26 heavy (non-hydrogen) atoms. The van der Waals surface area contributed by atoms with E-state index < -0.39 is 0 Å². The van der Waals surface area contributed by atoms with Crippen LogP contribution in [0.1, 0.15) is 117 Å². The molecule has 0 rings (SSSR count). The van der Waals surface area contributed by atoms with Crippen LogP contribution < -0.4 is 5.32 Å². The summed E-state index contributed by atoms with van der Waals surface area (Å²) in [7, 11) is 1.96. The highest BCUT2D eigenvalue weighted by Crippen LogP contribution is 2.10. The third kappa shape index (κ3) is 20.2. The predicted molar refractivity (Wildman–Crippen MR) is 115 cm³/mol. The Morgan fingerprint density at radius 3 is 1.23 bits per heavy atom. The van der Waals surface area contributed by atoms with Gasteiger partial charge in [0, 0.05) is 19.8 Å². The Morgan fingerprint density at radius 1 is 0.538 bits per heavy atom. The molecule has 0 saturated heterocycles. The molecule has 0 aliphatic carbocycles. The largest absolute Gasteiger partial charge is 0.351 e. The van der Waals surface area contributed by atoms with E-state index >= 15 is 0 Å². The first-order valence-corrected chi connectivity index (χ1v) is 11.7. The molecule has 0 aromatic heterocycles. The fourth-order valence-electron chi connectivity index (χ4n) is 3.23. The quantitative estimate of drug-likeness (QED) is 0.167. The summed E-state index contributed by atoms with van der Waals surface area (Å²) in [4.78, 5) is 0. The molecule has 1 N–H and O–H groups in total. The Bertz CT molecular complexity index is 226. The van der Waals surface area contributed by atoms with Crippen molar-refractivity contribution in [1.82, 2.24) is 5.32 Å². The number of nitrogens with one attached hydrogen (secondary N) is 1. The average molecular weight is 372 g/mol. The van der Waals surface area contributed by atoms with E-state index in [2.05, 4.69) is 19.2 Å². The molecule has 0 bridgehead atoms. The van der Waals surface area contributed by atoms with Gasteiger partial charge in [0.05, 0.1) is 0 Å². The minimum atomic E-state index is -0.0749. The van der Waals surface area contributed by atoms with E-state index in [9.17, 15) is 0 Å². The second-order valence-corrected chi connectivity index (χ2v) is 7.68. The van der Waals surface area contributed by atoms with Crippen LogP contribution >= 0.6 is 0 Å². The number of likely N-dealkylation sites (N-methyl/N-ethyl adjacent to an activating group) is 1. The van der Waals surface area contributed by atoms with E-state index in [1.165, 1.54) is 89.9 Å². The predicted octanol–water partition coefficient (Wildman–Crippen LogP) is 6.85. The molecular weight excluding hydrogens is 322 g/mol. The number of rotatable bonds is 22. The van der Waals surface area contributed by atoms with Crippen LogP contribution in [0.2, 0.25) is 0 Å². The van der Waals surface area contributed by atoms with Crippen LogP contribution in [0.4, 0.5) is 0 Å². The van der Waals surface area contributed by atoms with Gasteiger partial charge in [0.2, 0.25) is 0 Å². The van der Waals surface area contributed by atoms with Gasteiger partial charge in [0.1, 0.15) is 0 Å². The molecule has 0 saturated carbocycles. The van der Waals surface area contributed by atoms with Gasteiger partial charge in [-0.15, -0.1) is 0 Å². The van der Waals surface area contributed by atoms with Gasteiger partial charge in [-0.2, -0.15) is 0 Å². The Balaban J connectivity index is 3.42. The fourth-order valence-corrected chi connectivity index (χ4v) is 3.23. The first kappa shape index (κ1) is 25.9. The van der Waals surface area contributed by atoms with Crippen molar-refractivity contribution in [3.05, 3.63) is 0 Å². The van der Waals surface area contributed by atoms with Crippen LogP contribution in [0.5, 0.6) is 0 Å². The molecule has 0 atom stereocenters. The maximum absolute atomic E-state index is 5.91. The Morgan fingerprint density at radius 2 is 0.885 bits per heavy atom. The maximum atomic E-state index is 5.91. The van der Waals surface area contributed by atoms with Gasteiger partial charge in [0.25, 0.3) is 0 Å². The van der Waals surface area contributed by atoms with Crippen LogP contribution in [0.3, 0.4) is 0 Å². The summed E-state index contributed by atoms with van der Waals surface area (Å²) >= 11 is 0. The average Bonchev–Trinajstić information content (AvgIpc) is 2.65. The van der Waals surface area contributed by atoms with Crippen LogP contribution in [0.15, 0.2) is 0 Å². The summed E-state index contributed by atoms with van der Waals surface area (Å²) in [5, 5.41) is 3.18. The first-order valence-electron chi connectivity index (χ1n) is 11.7.